The van der Waals surface area contributed by atoms with Gasteiger partial charge in [-0.3, -0.25) is 0 Å². The van der Waals surface area contributed by atoms with Gasteiger partial charge in [-0.25, -0.2) is 9.67 Å². The van der Waals surface area contributed by atoms with Gasteiger partial charge in [-0.1, -0.05) is 40.2 Å². The summed E-state index contributed by atoms with van der Waals surface area (Å²) in [6.45, 7) is -0.420. The molecule has 0 saturated carbocycles. The molecule has 3 aromatic rings. The second-order valence-electron chi connectivity index (χ2n) is 6.35. The van der Waals surface area contributed by atoms with E-state index in [1.165, 1.54) is 27.8 Å². The van der Waals surface area contributed by atoms with Crippen molar-refractivity contribution in [2.45, 2.75) is 34.7 Å². The Kier molecular flexibility index (Phi) is 6.42. The quantitative estimate of drug-likeness (QED) is 0.516. The summed E-state index contributed by atoms with van der Waals surface area (Å²) in [6.07, 6.45) is -1.63. The fourth-order valence-corrected chi connectivity index (χ4v) is 5.05. The molecule has 1 aliphatic rings. The molecule has 1 aromatic carbocycles. The first-order valence-electron chi connectivity index (χ1n) is 8.52. The van der Waals surface area contributed by atoms with Gasteiger partial charge in [-0.05, 0) is 18.2 Å². The lowest BCUT2D eigenvalue weighted by molar-refractivity contribution is -0.178. The standard InChI is InChI=1S/C17H16Cl2N4O4S2/c18-9-2-1-8(3-10(9)19)29-17-16(26)14(15(25)13(5-24)27-17)23-4-11(21-22-23)12-6-28-7-20-12/h1-4,6-7,13-17,24-26H,5H2/t13?,14-,15-,16?,17+/m0/s1. The molecule has 4 rings (SSSR count). The van der Waals surface area contributed by atoms with Crippen molar-refractivity contribution in [1.29, 1.82) is 0 Å². The molecule has 0 aliphatic carbocycles. The lowest BCUT2D eigenvalue weighted by Crippen LogP contribution is -2.55. The van der Waals surface area contributed by atoms with Gasteiger partial charge in [0.25, 0.3) is 0 Å². The number of halogens is 2. The lowest BCUT2D eigenvalue weighted by atomic mass is 9.97. The Morgan fingerprint density at radius 2 is 2.00 bits per heavy atom. The molecule has 5 atom stereocenters. The zero-order valence-electron chi connectivity index (χ0n) is 14.7. The predicted molar refractivity (Wildman–Crippen MR) is 110 cm³/mol. The molecule has 154 valence electrons. The van der Waals surface area contributed by atoms with Crippen LogP contribution in [-0.4, -0.2) is 65.7 Å². The monoisotopic (exact) mass is 474 g/mol. The van der Waals surface area contributed by atoms with Gasteiger partial charge in [0, 0.05) is 10.3 Å². The number of thiazole rings is 1. The number of hydrogen-bond acceptors (Lipinski definition) is 9. The van der Waals surface area contributed by atoms with Gasteiger partial charge in [-0.2, -0.15) is 0 Å². The fourth-order valence-electron chi connectivity index (χ4n) is 3.04. The van der Waals surface area contributed by atoms with E-state index in [1.54, 1.807) is 29.9 Å². The van der Waals surface area contributed by atoms with Crippen LogP contribution in [-0.2, 0) is 4.74 Å². The number of aromatic nitrogens is 4. The Morgan fingerprint density at radius 1 is 1.17 bits per heavy atom. The van der Waals surface area contributed by atoms with E-state index in [4.69, 9.17) is 27.9 Å². The average molecular weight is 475 g/mol. The molecule has 8 nitrogen and oxygen atoms in total. The van der Waals surface area contributed by atoms with Crippen molar-refractivity contribution < 1.29 is 20.1 Å². The molecule has 2 unspecified atom stereocenters. The molecule has 12 heteroatoms. The summed E-state index contributed by atoms with van der Waals surface area (Å²) in [5.74, 6) is 0. The average Bonchev–Trinajstić information content (AvgIpc) is 3.39. The van der Waals surface area contributed by atoms with Crippen LogP contribution in [0.4, 0.5) is 0 Å². The highest BCUT2D eigenvalue weighted by Gasteiger charge is 2.46. The van der Waals surface area contributed by atoms with Crippen LogP contribution in [0.5, 0.6) is 0 Å². The summed E-state index contributed by atoms with van der Waals surface area (Å²) in [4.78, 5) is 4.91. The van der Waals surface area contributed by atoms with Crippen molar-refractivity contribution in [2.24, 2.45) is 0 Å². The van der Waals surface area contributed by atoms with Crippen LogP contribution in [0.2, 0.25) is 10.0 Å². The molecule has 0 bridgehead atoms. The third-order valence-corrected chi connectivity index (χ3v) is 6.98. The third-order valence-electron chi connectivity index (χ3n) is 4.50. The van der Waals surface area contributed by atoms with Crippen molar-refractivity contribution in [3.8, 4) is 11.4 Å². The Balaban J connectivity index is 1.61. The van der Waals surface area contributed by atoms with Gasteiger partial charge >= 0.3 is 0 Å². The van der Waals surface area contributed by atoms with Crippen molar-refractivity contribution >= 4 is 46.3 Å². The van der Waals surface area contributed by atoms with Crippen molar-refractivity contribution in [1.82, 2.24) is 20.0 Å². The largest absolute Gasteiger partial charge is 0.394 e. The van der Waals surface area contributed by atoms with Gasteiger partial charge < -0.3 is 20.1 Å². The molecule has 0 spiro atoms. The first kappa shape index (κ1) is 21.0. The summed E-state index contributed by atoms with van der Waals surface area (Å²) in [5, 5.41) is 42.0. The second-order valence-corrected chi connectivity index (χ2v) is 9.05. The van der Waals surface area contributed by atoms with Crippen LogP contribution in [0, 0.1) is 0 Å². The van der Waals surface area contributed by atoms with E-state index in [0.717, 1.165) is 4.90 Å². The van der Waals surface area contributed by atoms with Crippen molar-refractivity contribution in [2.75, 3.05) is 6.61 Å². The predicted octanol–water partition coefficient (Wildman–Crippen LogP) is 2.48. The number of thioether (sulfide) groups is 1. The molecule has 1 saturated heterocycles. The van der Waals surface area contributed by atoms with Crippen LogP contribution in [0.15, 0.2) is 40.2 Å². The van der Waals surface area contributed by atoms with Crippen LogP contribution >= 0.6 is 46.3 Å². The van der Waals surface area contributed by atoms with E-state index in [0.29, 0.717) is 21.4 Å². The molecule has 3 N–H and O–H groups in total. The fraction of sp³-hybridized carbons (Fsp3) is 0.353. The molecular formula is C17H16Cl2N4O4S2. The van der Waals surface area contributed by atoms with Crippen LogP contribution in [0.25, 0.3) is 11.4 Å². The number of nitrogens with zero attached hydrogens (tertiary/aromatic N) is 4. The van der Waals surface area contributed by atoms with E-state index in [2.05, 4.69) is 15.3 Å². The van der Waals surface area contributed by atoms with Crippen LogP contribution < -0.4 is 0 Å². The van der Waals surface area contributed by atoms with E-state index in [1.807, 2.05) is 5.38 Å². The first-order valence-corrected chi connectivity index (χ1v) is 11.1. The molecule has 1 fully saturated rings. The van der Waals surface area contributed by atoms with E-state index >= 15 is 0 Å². The van der Waals surface area contributed by atoms with Crippen LogP contribution in [0.3, 0.4) is 0 Å². The summed E-state index contributed by atoms with van der Waals surface area (Å²) in [7, 11) is 0. The summed E-state index contributed by atoms with van der Waals surface area (Å²) >= 11 is 14.7. The maximum absolute atomic E-state index is 10.9. The highest BCUT2D eigenvalue weighted by Crippen LogP contribution is 2.39. The number of aliphatic hydroxyl groups excluding tert-OH is 3. The summed E-state index contributed by atoms with van der Waals surface area (Å²) in [6, 6.07) is 4.18. The van der Waals surface area contributed by atoms with Crippen LogP contribution in [0.1, 0.15) is 6.04 Å². The highest BCUT2D eigenvalue weighted by atomic mass is 35.5. The molecule has 29 heavy (non-hydrogen) atoms. The number of rotatable bonds is 5. The lowest BCUT2D eigenvalue weighted by Gasteiger charge is -2.41. The van der Waals surface area contributed by atoms with E-state index < -0.39 is 36.4 Å². The van der Waals surface area contributed by atoms with Gasteiger partial charge in [0.05, 0.1) is 28.4 Å². The summed E-state index contributed by atoms with van der Waals surface area (Å²) < 4.78 is 7.12. The Bertz CT molecular complexity index is 974. The molecule has 2 aromatic heterocycles. The number of benzene rings is 1. The minimum absolute atomic E-state index is 0.376. The maximum atomic E-state index is 10.9. The zero-order chi connectivity index (χ0) is 20.5. The normalized spacial score (nSPS) is 27.3. The molecular weight excluding hydrogens is 459 g/mol. The second kappa shape index (κ2) is 8.86. The molecule has 0 amide bonds. The molecule has 3 heterocycles. The zero-order valence-corrected chi connectivity index (χ0v) is 17.8. The van der Waals surface area contributed by atoms with E-state index in [9.17, 15) is 15.3 Å². The number of ether oxygens (including phenoxy) is 1. The number of aliphatic hydroxyl groups is 3. The SMILES string of the molecule is OCC1O[C@H](Sc2ccc(Cl)c(Cl)c2)C(O)[C@@H](n2cc(-c3cscn3)nn2)[C@H]1O. The Morgan fingerprint density at radius 3 is 2.69 bits per heavy atom. The first-order chi connectivity index (χ1) is 14.0. The smallest absolute Gasteiger partial charge is 0.136 e. The van der Waals surface area contributed by atoms with Gasteiger partial charge in [-0.15, -0.1) is 16.4 Å². The third kappa shape index (κ3) is 4.30. The van der Waals surface area contributed by atoms with Gasteiger partial charge in [0.2, 0.25) is 0 Å². The minimum atomic E-state index is -1.19. The maximum Gasteiger partial charge on any atom is 0.136 e. The van der Waals surface area contributed by atoms with Crippen molar-refractivity contribution in [3.05, 3.63) is 45.3 Å². The van der Waals surface area contributed by atoms with Crippen molar-refractivity contribution in [3.63, 3.8) is 0 Å². The number of hydrogen-bond donors (Lipinski definition) is 3. The minimum Gasteiger partial charge on any atom is -0.394 e. The molecule has 0 radical (unpaired) electrons. The topological polar surface area (TPSA) is 114 Å². The Hall–Kier alpha value is -1.24. The van der Waals surface area contributed by atoms with Gasteiger partial charge in [0.1, 0.15) is 41.2 Å². The Labute approximate surface area is 184 Å². The highest BCUT2D eigenvalue weighted by molar-refractivity contribution is 7.99. The molecule has 1 aliphatic heterocycles. The summed E-state index contributed by atoms with van der Waals surface area (Å²) in [5.41, 5.74) is 2.06. The van der Waals surface area contributed by atoms with E-state index in [-0.39, 0.29) is 0 Å². The van der Waals surface area contributed by atoms with Gasteiger partial charge in [0.15, 0.2) is 0 Å².